The molecule has 0 N–H and O–H groups in total. The van der Waals surface area contributed by atoms with Crippen molar-refractivity contribution in [2.24, 2.45) is 5.92 Å². The summed E-state index contributed by atoms with van der Waals surface area (Å²) < 4.78 is 15.5. The Morgan fingerprint density at radius 3 is 2.74 bits per heavy atom. The van der Waals surface area contributed by atoms with E-state index in [1.54, 1.807) is 11.1 Å². The number of halogens is 1. The van der Waals surface area contributed by atoms with Crippen molar-refractivity contribution in [3.63, 3.8) is 0 Å². The Kier molecular flexibility index (Phi) is 5.77. The van der Waals surface area contributed by atoms with Crippen molar-refractivity contribution in [1.29, 1.82) is 0 Å². The molecule has 1 saturated heterocycles. The van der Waals surface area contributed by atoms with Crippen LogP contribution in [0.15, 0.2) is 54.4 Å². The summed E-state index contributed by atoms with van der Waals surface area (Å²) in [6, 6.07) is 6.87. The lowest BCUT2D eigenvalue weighted by Gasteiger charge is -2.45. The second-order valence-corrected chi connectivity index (χ2v) is 10.3. The van der Waals surface area contributed by atoms with Gasteiger partial charge in [0, 0.05) is 0 Å². The summed E-state index contributed by atoms with van der Waals surface area (Å²) in [5.41, 5.74) is 7.95. The first kappa shape index (κ1) is 20.9. The average molecular weight is 418 g/mol. The third-order valence-corrected chi connectivity index (χ3v) is 8.33. The fraction of sp³-hybridized carbons (Fsp3) is 0.517. The van der Waals surface area contributed by atoms with Crippen LogP contribution >= 0.6 is 0 Å². The summed E-state index contributed by atoms with van der Waals surface area (Å²) in [4.78, 5) is 2.37. The van der Waals surface area contributed by atoms with E-state index in [0.717, 1.165) is 50.8 Å². The molecule has 0 saturated carbocycles. The van der Waals surface area contributed by atoms with Crippen LogP contribution in [0, 0.1) is 5.92 Å². The van der Waals surface area contributed by atoms with Gasteiger partial charge in [-0.15, -0.1) is 6.58 Å². The van der Waals surface area contributed by atoms with Crippen LogP contribution in [0.5, 0.6) is 0 Å². The molecule has 1 heterocycles. The zero-order valence-corrected chi connectivity index (χ0v) is 19.1. The smallest absolute Gasteiger partial charge is 0.121 e. The topological polar surface area (TPSA) is 3.24 Å². The lowest BCUT2D eigenvalue weighted by molar-refractivity contribution is 0.0724. The normalized spacial score (nSPS) is 27.3. The maximum absolute atomic E-state index is 15.5. The number of likely N-dealkylation sites (tertiary alicyclic amines) is 1. The van der Waals surface area contributed by atoms with Crippen LogP contribution < -0.4 is 0 Å². The SMILES string of the molecule is C=CCC1CCN(C2(C)CC=C(c3ccc4c(c3)CC3=C4CCCCC3)C=C2F)CC1. The van der Waals surface area contributed by atoms with Crippen LogP contribution in [-0.2, 0) is 6.42 Å². The number of nitrogens with zero attached hydrogens (tertiary/aromatic N) is 1. The van der Waals surface area contributed by atoms with Gasteiger partial charge in [0.25, 0.3) is 0 Å². The van der Waals surface area contributed by atoms with E-state index in [1.165, 1.54) is 48.8 Å². The van der Waals surface area contributed by atoms with Gasteiger partial charge in [0.15, 0.2) is 0 Å². The van der Waals surface area contributed by atoms with Crippen molar-refractivity contribution in [2.45, 2.75) is 76.7 Å². The highest BCUT2D eigenvalue weighted by atomic mass is 19.1. The largest absolute Gasteiger partial charge is 0.292 e. The summed E-state index contributed by atoms with van der Waals surface area (Å²) in [5.74, 6) is 0.746. The van der Waals surface area contributed by atoms with Gasteiger partial charge in [0.2, 0.25) is 0 Å². The quantitative estimate of drug-likeness (QED) is 0.455. The zero-order valence-electron chi connectivity index (χ0n) is 19.1. The standard InChI is InChI=1S/C29H36FN/c1-3-7-21-13-16-31(17-14-21)29(2)15-12-23(20-28(29)30)22-10-11-27-25(18-22)19-24-8-5-4-6-9-26(24)27/h3,10-12,18,20-21H,1,4-9,13-17,19H2,2H3. The molecular weight excluding hydrogens is 381 g/mol. The Morgan fingerprint density at radius 1 is 1.16 bits per heavy atom. The fourth-order valence-electron chi connectivity index (χ4n) is 6.24. The lowest BCUT2D eigenvalue weighted by Crippen LogP contribution is -2.51. The highest BCUT2D eigenvalue weighted by molar-refractivity contribution is 5.82. The number of hydrogen-bond donors (Lipinski definition) is 0. The second kappa shape index (κ2) is 8.54. The highest BCUT2D eigenvalue weighted by Gasteiger charge is 2.39. The van der Waals surface area contributed by atoms with Crippen LogP contribution in [0.2, 0.25) is 0 Å². The number of rotatable bonds is 4. The molecule has 0 radical (unpaired) electrons. The fourth-order valence-corrected chi connectivity index (χ4v) is 6.24. The van der Waals surface area contributed by atoms with E-state index < -0.39 is 5.54 Å². The van der Waals surface area contributed by atoms with Gasteiger partial charge >= 0.3 is 0 Å². The molecule has 4 aliphatic rings. The van der Waals surface area contributed by atoms with E-state index in [2.05, 4.69) is 42.7 Å². The molecule has 0 amide bonds. The first-order valence-electron chi connectivity index (χ1n) is 12.4. The average Bonchev–Trinajstić information content (AvgIpc) is 2.96. The molecule has 1 nitrogen and oxygen atoms in total. The van der Waals surface area contributed by atoms with Crippen molar-refractivity contribution >= 4 is 11.1 Å². The molecule has 1 aliphatic heterocycles. The van der Waals surface area contributed by atoms with Gasteiger partial charge in [-0.3, -0.25) is 4.90 Å². The van der Waals surface area contributed by atoms with Gasteiger partial charge in [0.1, 0.15) is 5.83 Å². The van der Waals surface area contributed by atoms with Crippen molar-refractivity contribution in [3.05, 3.63) is 71.1 Å². The van der Waals surface area contributed by atoms with E-state index in [-0.39, 0.29) is 5.83 Å². The van der Waals surface area contributed by atoms with Gasteiger partial charge in [-0.1, -0.05) is 42.3 Å². The number of piperidine rings is 1. The third-order valence-electron chi connectivity index (χ3n) is 8.33. The number of fused-ring (bicyclic) bond motifs is 2. The van der Waals surface area contributed by atoms with Crippen LogP contribution in [0.25, 0.3) is 11.1 Å². The maximum atomic E-state index is 15.5. The Balaban J connectivity index is 1.32. The molecular formula is C29H36FN. The van der Waals surface area contributed by atoms with E-state index in [1.807, 2.05) is 12.2 Å². The minimum atomic E-state index is -0.488. The van der Waals surface area contributed by atoms with Gasteiger partial charge in [-0.05, 0) is 118 Å². The molecule has 164 valence electrons. The van der Waals surface area contributed by atoms with E-state index in [9.17, 15) is 0 Å². The van der Waals surface area contributed by atoms with Gasteiger partial charge < -0.3 is 0 Å². The molecule has 1 atom stereocenters. The first-order chi connectivity index (χ1) is 15.1. The van der Waals surface area contributed by atoms with Crippen molar-refractivity contribution in [3.8, 4) is 0 Å². The molecule has 1 aromatic rings. The minimum absolute atomic E-state index is 0.0292. The summed E-state index contributed by atoms with van der Waals surface area (Å²) in [6.45, 7) is 7.93. The number of benzene rings is 1. The molecule has 5 rings (SSSR count). The second-order valence-electron chi connectivity index (χ2n) is 10.3. The van der Waals surface area contributed by atoms with Crippen molar-refractivity contribution < 1.29 is 4.39 Å². The first-order valence-corrected chi connectivity index (χ1v) is 12.4. The van der Waals surface area contributed by atoms with Gasteiger partial charge in [0.05, 0.1) is 5.54 Å². The van der Waals surface area contributed by atoms with Gasteiger partial charge in [-0.25, -0.2) is 4.39 Å². The molecule has 3 aliphatic carbocycles. The summed E-state index contributed by atoms with van der Waals surface area (Å²) in [6.07, 6.45) is 17.9. The maximum Gasteiger partial charge on any atom is 0.121 e. The minimum Gasteiger partial charge on any atom is -0.292 e. The molecule has 0 spiro atoms. The number of hydrogen-bond acceptors (Lipinski definition) is 1. The number of allylic oxidation sites excluding steroid dienone is 5. The van der Waals surface area contributed by atoms with Crippen LogP contribution in [0.4, 0.5) is 4.39 Å². The van der Waals surface area contributed by atoms with E-state index in [4.69, 9.17) is 0 Å². The van der Waals surface area contributed by atoms with Crippen molar-refractivity contribution in [1.82, 2.24) is 4.90 Å². The monoisotopic (exact) mass is 417 g/mol. The van der Waals surface area contributed by atoms with Crippen LogP contribution in [0.1, 0.15) is 81.4 Å². The van der Waals surface area contributed by atoms with E-state index in [0.29, 0.717) is 5.92 Å². The Labute approximate surface area is 187 Å². The van der Waals surface area contributed by atoms with Gasteiger partial charge in [-0.2, -0.15) is 0 Å². The van der Waals surface area contributed by atoms with E-state index >= 15 is 4.39 Å². The Morgan fingerprint density at radius 2 is 1.97 bits per heavy atom. The zero-order chi connectivity index (χ0) is 21.4. The molecule has 0 aromatic heterocycles. The molecule has 1 aromatic carbocycles. The molecule has 0 bridgehead atoms. The van der Waals surface area contributed by atoms with Crippen LogP contribution in [-0.4, -0.2) is 23.5 Å². The molecule has 1 fully saturated rings. The summed E-state index contributed by atoms with van der Waals surface area (Å²) in [7, 11) is 0. The molecule has 1 unspecified atom stereocenters. The molecule has 2 heteroatoms. The lowest BCUT2D eigenvalue weighted by atomic mass is 9.82. The summed E-state index contributed by atoms with van der Waals surface area (Å²) >= 11 is 0. The Bertz CT molecular complexity index is 957. The van der Waals surface area contributed by atoms with Crippen molar-refractivity contribution in [2.75, 3.05) is 13.1 Å². The molecule has 31 heavy (non-hydrogen) atoms. The predicted molar refractivity (Wildman–Crippen MR) is 129 cm³/mol. The highest BCUT2D eigenvalue weighted by Crippen LogP contribution is 2.43. The predicted octanol–water partition coefficient (Wildman–Crippen LogP) is 7.65. The van der Waals surface area contributed by atoms with Crippen LogP contribution in [0.3, 0.4) is 0 Å². The Hall–Kier alpha value is -1.93. The third kappa shape index (κ3) is 3.89. The summed E-state index contributed by atoms with van der Waals surface area (Å²) in [5, 5.41) is 0.